The third kappa shape index (κ3) is 8.96. The number of carbonyl (C=O) groups is 3. The van der Waals surface area contributed by atoms with Crippen LogP contribution in [0.25, 0.3) is 0 Å². The number of amides is 2. The minimum Gasteiger partial charge on any atom is -0.493 e. The summed E-state index contributed by atoms with van der Waals surface area (Å²) in [4.78, 5) is 44.0. The summed E-state index contributed by atoms with van der Waals surface area (Å²) in [7, 11) is 1.79. The maximum atomic E-state index is 13.4. The first-order valence-electron chi connectivity index (χ1n) is 14.0. The van der Waals surface area contributed by atoms with E-state index in [0.29, 0.717) is 47.3 Å². The third-order valence-corrected chi connectivity index (χ3v) is 7.96. The Balaban J connectivity index is 0.00000431. The van der Waals surface area contributed by atoms with Gasteiger partial charge in [0.05, 0.1) is 36.0 Å². The van der Waals surface area contributed by atoms with Crippen molar-refractivity contribution in [1.29, 1.82) is 0 Å². The molecule has 0 radical (unpaired) electrons. The van der Waals surface area contributed by atoms with Crippen LogP contribution in [-0.2, 0) is 26.0 Å². The Hall–Kier alpha value is -3.58. The molecule has 234 valence electrons. The van der Waals surface area contributed by atoms with Crippen molar-refractivity contribution in [3.8, 4) is 5.75 Å². The summed E-state index contributed by atoms with van der Waals surface area (Å²) in [5.74, 6) is 0.0491. The van der Waals surface area contributed by atoms with Crippen molar-refractivity contribution in [3.63, 3.8) is 0 Å². The second-order valence-corrected chi connectivity index (χ2v) is 11.7. The first kappa shape index (κ1) is 36.4. The van der Waals surface area contributed by atoms with E-state index in [-0.39, 0.29) is 23.1 Å². The topological polar surface area (TPSA) is 134 Å². The van der Waals surface area contributed by atoms with Gasteiger partial charge in [-0.15, -0.1) is 0 Å². The average molecular weight is 607 g/mol. The van der Waals surface area contributed by atoms with E-state index in [2.05, 4.69) is 10.1 Å². The number of aromatic nitrogens is 2. The first-order chi connectivity index (χ1) is 19.6. The summed E-state index contributed by atoms with van der Waals surface area (Å²) in [5, 5.41) is 4.68. The molecule has 2 rings (SSSR count). The van der Waals surface area contributed by atoms with Gasteiger partial charge in [0.2, 0.25) is 21.8 Å². The van der Waals surface area contributed by atoms with Gasteiger partial charge in [0.25, 0.3) is 0 Å². The number of ketones is 1. The Morgan fingerprint density at radius 2 is 1.62 bits per heavy atom. The van der Waals surface area contributed by atoms with Crippen LogP contribution in [-0.4, -0.2) is 103 Å². The van der Waals surface area contributed by atoms with Gasteiger partial charge < -0.3 is 14.5 Å². The predicted molar refractivity (Wildman–Crippen MR) is 164 cm³/mol. The normalized spacial score (nSPS) is 11.6. The van der Waals surface area contributed by atoms with Gasteiger partial charge >= 0.3 is 0 Å². The van der Waals surface area contributed by atoms with Gasteiger partial charge in [0.1, 0.15) is 17.3 Å². The van der Waals surface area contributed by atoms with Crippen molar-refractivity contribution in [2.24, 2.45) is 5.10 Å². The van der Waals surface area contributed by atoms with Gasteiger partial charge in [-0.05, 0) is 45.4 Å². The highest BCUT2D eigenvalue weighted by atomic mass is 32.2. The number of carbonyl (C=O) groups excluding carboxylic acids is 3. The lowest BCUT2D eigenvalue weighted by Crippen LogP contribution is -2.43. The molecule has 0 aliphatic carbocycles. The fourth-order valence-electron chi connectivity index (χ4n) is 3.92. The Morgan fingerprint density at radius 1 is 1.00 bits per heavy atom. The number of aryl methyl sites for hydroxylation is 2. The highest BCUT2D eigenvalue weighted by Gasteiger charge is 2.27. The monoisotopic (exact) mass is 606 g/mol. The maximum absolute atomic E-state index is 13.4. The fraction of sp³-hybridized carbons (Fsp3) is 0.552. The van der Waals surface area contributed by atoms with Crippen LogP contribution in [0, 0.1) is 6.92 Å². The number of Topliss-reactive ketones (excluding diaryl/α,β-unsaturated/α-hetero) is 1. The highest BCUT2D eigenvalue weighted by molar-refractivity contribution is 7.89. The molecule has 0 N–H and O–H groups in total. The van der Waals surface area contributed by atoms with Crippen LogP contribution in [0.1, 0.15) is 75.5 Å². The molecule has 2 amide bonds. The van der Waals surface area contributed by atoms with Crippen LogP contribution in [0.3, 0.4) is 0 Å². The van der Waals surface area contributed by atoms with Crippen LogP contribution in [0.15, 0.2) is 28.2 Å². The van der Waals surface area contributed by atoms with Gasteiger partial charge in [0, 0.05) is 47.1 Å². The Kier molecular flexibility index (Phi) is 14.0. The molecule has 13 heteroatoms. The zero-order chi connectivity index (χ0) is 32.4. The number of ether oxygens (including phenoxy) is 1. The second-order valence-electron chi connectivity index (χ2n) is 9.66. The number of hydrogen-bond acceptors (Lipinski definition) is 8. The number of imidazole rings is 1. The fourth-order valence-corrected chi connectivity index (χ4v) is 5.07. The second kappa shape index (κ2) is 16.2. The SMILES string of the molecule is CC.CCCc1nc(C)c(C(C)=O)n1/N=C(\C)c1cc(S(=O)(=O)N(C)CC(=O)N(C)CC(=O)N(C)C)ccc1OCC. The lowest BCUT2D eigenvalue weighted by Gasteiger charge is -2.23. The van der Waals surface area contributed by atoms with Crippen LogP contribution >= 0.6 is 0 Å². The summed E-state index contributed by atoms with van der Waals surface area (Å²) in [6.45, 7) is 12.4. The standard InChI is InChI=1S/C27H40N6O6S.C2H6/c1-10-12-24-28-19(4)27(20(5)34)33(24)29-18(3)22-15-21(13-14-23(22)39-11-2)40(37,38)32(9)17-26(36)31(8)16-25(35)30(6)7;1-2/h13-15H,10-12,16-17H2,1-9H3;1-2H3/b29-18+;. The van der Waals surface area contributed by atoms with Crippen molar-refractivity contribution < 1.29 is 27.5 Å². The minimum atomic E-state index is -4.10. The zero-order valence-corrected chi connectivity index (χ0v) is 27.6. The summed E-state index contributed by atoms with van der Waals surface area (Å²) in [6, 6.07) is 4.39. The number of likely N-dealkylation sites (N-methyl/N-ethyl adjacent to an activating group) is 3. The smallest absolute Gasteiger partial charge is 0.243 e. The van der Waals surface area contributed by atoms with Gasteiger partial charge in [-0.2, -0.15) is 9.41 Å². The molecule has 2 aromatic rings. The molecule has 0 spiro atoms. The van der Waals surface area contributed by atoms with E-state index < -0.39 is 22.5 Å². The quantitative estimate of drug-likeness (QED) is 0.252. The molecule has 0 saturated carbocycles. The molecule has 1 aromatic heterocycles. The molecule has 0 atom stereocenters. The van der Waals surface area contributed by atoms with E-state index in [1.54, 1.807) is 34.0 Å². The van der Waals surface area contributed by atoms with E-state index in [9.17, 15) is 22.8 Å². The predicted octanol–water partition coefficient (Wildman–Crippen LogP) is 3.21. The van der Waals surface area contributed by atoms with Crippen molar-refractivity contribution in [3.05, 3.63) is 41.0 Å². The van der Waals surface area contributed by atoms with E-state index >= 15 is 0 Å². The van der Waals surface area contributed by atoms with Crippen molar-refractivity contribution in [1.82, 2.24) is 23.8 Å². The molecule has 0 saturated heterocycles. The molecule has 1 heterocycles. The molecular weight excluding hydrogens is 560 g/mol. The van der Waals surface area contributed by atoms with Crippen molar-refractivity contribution >= 4 is 33.3 Å². The molecule has 0 aliphatic rings. The van der Waals surface area contributed by atoms with Crippen LogP contribution in [0.4, 0.5) is 0 Å². The number of nitrogens with zero attached hydrogens (tertiary/aromatic N) is 6. The van der Waals surface area contributed by atoms with Gasteiger partial charge in [-0.25, -0.2) is 18.1 Å². The molecular formula is C29H46N6O6S. The summed E-state index contributed by atoms with van der Waals surface area (Å²) >= 11 is 0. The molecule has 0 unspecified atom stereocenters. The van der Waals surface area contributed by atoms with E-state index in [0.717, 1.165) is 10.7 Å². The Labute approximate surface area is 250 Å². The summed E-state index contributed by atoms with van der Waals surface area (Å²) in [5.41, 5.74) is 1.76. The molecule has 12 nitrogen and oxygen atoms in total. The van der Waals surface area contributed by atoms with Crippen LogP contribution < -0.4 is 4.74 Å². The van der Waals surface area contributed by atoms with Gasteiger partial charge in [-0.1, -0.05) is 20.8 Å². The Morgan fingerprint density at radius 3 is 2.14 bits per heavy atom. The van der Waals surface area contributed by atoms with Crippen molar-refractivity contribution in [2.75, 3.05) is 47.9 Å². The van der Waals surface area contributed by atoms with E-state index in [1.807, 2.05) is 27.7 Å². The number of hydrogen-bond donors (Lipinski definition) is 0. The average Bonchev–Trinajstić information content (AvgIpc) is 3.24. The van der Waals surface area contributed by atoms with Crippen LogP contribution in [0.2, 0.25) is 0 Å². The largest absolute Gasteiger partial charge is 0.493 e. The molecule has 0 bridgehead atoms. The summed E-state index contributed by atoms with van der Waals surface area (Å²) < 4.78 is 35.1. The van der Waals surface area contributed by atoms with Gasteiger partial charge in [-0.3, -0.25) is 14.4 Å². The Bertz CT molecular complexity index is 1400. The lowest BCUT2D eigenvalue weighted by atomic mass is 10.1. The number of rotatable bonds is 13. The number of benzene rings is 1. The zero-order valence-electron chi connectivity index (χ0n) is 26.8. The van der Waals surface area contributed by atoms with E-state index in [4.69, 9.17) is 4.74 Å². The maximum Gasteiger partial charge on any atom is 0.243 e. The van der Waals surface area contributed by atoms with Crippen molar-refractivity contribution in [2.45, 2.75) is 66.2 Å². The van der Waals surface area contributed by atoms with E-state index in [1.165, 1.54) is 47.6 Å². The molecule has 0 aliphatic heterocycles. The lowest BCUT2D eigenvalue weighted by molar-refractivity contribution is -0.137. The van der Waals surface area contributed by atoms with Gasteiger partial charge in [0.15, 0.2) is 5.78 Å². The first-order valence-corrected chi connectivity index (χ1v) is 15.4. The molecule has 0 fully saturated rings. The summed E-state index contributed by atoms with van der Waals surface area (Å²) in [6.07, 6.45) is 1.40. The molecule has 42 heavy (non-hydrogen) atoms. The molecule has 1 aromatic carbocycles. The number of sulfonamides is 1. The third-order valence-electron chi connectivity index (χ3n) is 6.16. The highest BCUT2D eigenvalue weighted by Crippen LogP contribution is 2.26. The minimum absolute atomic E-state index is 0.0646. The van der Waals surface area contributed by atoms with Crippen LogP contribution in [0.5, 0.6) is 5.75 Å².